The van der Waals surface area contributed by atoms with Crippen LogP contribution in [0.5, 0.6) is 0 Å². The predicted octanol–water partition coefficient (Wildman–Crippen LogP) is 1.65. The first-order chi connectivity index (χ1) is 6.25. The maximum absolute atomic E-state index is 11.6. The lowest BCUT2D eigenvalue weighted by Crippen LogP contribution is -2.47. The van der Waals surface area contributed by atoms with Gasteiger partial charge in [-0.1, -0.05) is 6.92 Å². The molecule has 0 aromatic heterocycles. The second-order valence-corrected chi connectivity index (χ2v) is 4.43. The van der Waals surface area contributed by atoms with Crippen LogP contribution in [-0.4, -0.2) is 24.2 Å². The smallest absolute Gasteiger partial charge is 0.275 e. The zero-order chi connectivity index (χ0) is 11.4. The highest BCUT2D eigenvalue weighted by atomic mass is 16.7. The van der Waals surface area contributed by atoms with Crippen molar-refractivity contribution in [1.29, 1.82) is 0 Å². The third-order valence-electron chi connectivity index (χ3n) is 2.06. The zero-order valence-corrected chi connectivity index (χ0v) is 9.93. The number of carbonyl (C=O) groups excluding carboxylic acids is 1. The van der Waals surface area contributed by atoms with E-state index in [9.17, 15) is 4.79 Å². The van der Waals surface area contributed by atoms with Crippen LogP contribution < -0.4 is 5.48 Å². The van der Waals surface area contributed by atoms with E-state index >= 15 is 0 Å². The first kappa shape index (κ1) is 13.4. The van der Waals surface area contributed by atoms with Gasteiger partial charge in [0.2, 0.25) is 0 Å². The lowest BCUT2D eigenvalue weighted by atomic mass is 10.0. The fourth-order valence-electron chi connectivity index (χ4n) is 0.705. The Labute approximate surface area is 85.9 Å². The number of amides is 1. The van der Waals surface area contributed by atoms with Crippen molar-refractivity contribution in [1.82, 2.24) is 5.48 Å². The zero-order valence-electron chi connectivity index (χ0n) is 9.93. The summed E-state index contributed by atoms with van der Waals surface area (Å²) in [5.74, 6) is -0.252. The fraction of sp³-hybridized carbons (Fsp3) is 0.900. The van der Waals surface area contributed by atoms with E-state index in [0.29, 0.717) is 6.42 Å². The van der Waals surface area contributed by atoms with Gasteiger partial charge >= 0.3 is 0 Å². The Balaban J connectivity index is 4.20. The molecule has 0 fully saturated rings. The molecule has 4 nitrogen and oxygen atoms in total. The molecule has 4 heteroatoms. The molecule has 0 saturated heterocycles. The first-order valence-corrected chi connectivity index (χ1v) is 4.79. The molecule has 0 spiro atoms. The van der Waals surface area contributed by atoms with Gasteiger partial charge < -0.3 is 4.74 Å². The van der Waals surface area contributed by atoms with Gasteiger partial charge in [-0.25, -0.2) is 5.48 Å². The maximum atomic E-state index is 11.6. The van der Waals surface area contributed by atoms with E-state index in [1.807, 2.05) is 27.7 Å². The lowest BCUT2D eigenvalue weighted by Gasteiger charge is -2.27. The van der Waals surface area contributed by atoms with Gasteiger partial charge in [0.1, 0.15) is 5.60 Å². The number of carbonyl (C=O) groups is 1. The standard InChI is InChI=1S/C10H21NO3/c1-7-10(5,13-6)8(12)11-14-9(2,3)4/h7H2,1-6H3,(H,11,12). The minimum absolute atomic E-state index is 0.252. The third kappa shape index (κ3) is 4.07. The Morgan fingerprint density at radius 3 is 2.07 bits per heavy atom. The molecule has 0 aromatic carbocycles. The second kappa shape index (κ2) is 4.75. The predicted molar refractivity (Wildman–Crippen MR) is 54.7 cm³/mol. The number of hydroxylamine groups is 1. The van der Waals surface area contributed by atoms with Crippen molar-refractivity contribution in [3.05, 3.63) is 0 Å². The van der Waals surface area contributed by atoms with E-state index in [0.717, 1.165) is 0 Å². The molecular formula is C10H21NO3. The van der Waals surface area contributed by atoms with Gasteiger partial charge in [0, 0.05) is 7.11 Å². The fourth-order valence-corrected chi connectivity index (χ4v) is 0.705. The molecule has 0 bridgehead atoms. The number of rotatable bonds is 4. The van der Waals surface area contributed by atoms with Gasteiger partial charge in [0.15, 0.2) is 0 Å². The monoisotopic (exact) mass is 203 g/mol. The summed E-state index contributed by atoms with van der Waals surface area (Å²) in [6.07, 6.45) is 0.600. The highest BCUT2D eigenvalue weighted by molar-refractivity contribution is 5.83. The molecule has 0 heterocycles. The number of methoxy groups -OCH3 is 1. The lowest BCUT2D eigenvalue weighted by molar-refractivity contribution is -0.165. The molecule has 1 amide bonds. The van der Waals surface area contributed by atoms with Crippen molar-refractivity contribution < 1.29 is 14.4 Å². The van der Waals surface area contributed by atoms with Gasteiger partial charge in [-0.15, -0.1) is 0 Å². The Morgan fingerprint density at radius 2 is 1.79 bits per heavy atom. The van der Waals surface area contributed by atoms with Crippen LogP contribution in [0.2, 0.25) is 0 Å². The van der Waals surface area contributed by atoms with E-state index in [-0.39, 0.29) is 5.91 Å². The highest BCUT2D eigenvalue weighted by Gasteiger charge is 2.32. The molecule has 0 saturated carbocycles. The van der Waals surface area contributed by atoms with Crippen LogP contribution in [0.4, 0.5) is 0 Å². The number of hydrogen-bond acceptors (Lipinski definition) is 3. The van der Waals surface area contributed by atoms with E-state index in [1.165, 1.54) is 7.11 Å². The molecule has 0 aliphatic rings. The summed E-state index contributed by atoms with van der Waals surface area (Å²) in [5.41, 5.74) is 1.20. The molecule has 14 heavy (non-hydrogen) atoms. The van der Waals surface area contributed by atoms with Crippen LogP contribution in [0.1, 0.15) is 41.0 Å². The molecule has 0 aromatic rings. The summed E-state index contributed by atoms with van der Waals surface area (Å²) in [4.78, 5) is 16.8. The van der Waals surface area contributed by atoms with Crippen molar-refractivity contribution in [2.45, 2.75) is 52.2 Å². The second-order valence-electron chi connectivity index (χ2n) is 4.43. The normalized spacial score (nSPS) is 16.1. The Hall–Kier alpha value is -0.610. The summed E-state index contributed by atoms with van der Waals surface area (Å²) < 4.78 is 5.12. The van der Waals surface area contributed by atoms with Gasteiger partial charge in [0.25, 0.3) is 5.91 Å². The van der Waals surface area contributed by atoms with Gasteiger partial charge in [-0.05, 0) is 34.1 Å². The molecule has 1 atom stereocenters. The van der Waals surface area contributed by atoms with Crippen molar-refractivity contribution in [2.24, 2.45) is 0 Å². The number of nitrogens with one attached hydrogen (secondary N) is 1. The van der Waals surface area contributed by atoms with E-state index in [4.69, 9.17) is 9.57 Å². The summed E-state index contributed by atoms with van der Waals surface area (Å²) in [6, 6.07) is 0. The molecule has 1 N–H and O–H groups in total. The number of hydrogen-bond donors (Lipinski definition) is 1. The molecular weight excluding hydrogens is 182 g/mol. The summed E-state index contributed by atoms with van der Waals surface area (Å²) in [5, 5.41) is 0. The molecule has 0 aliphatic heterocycles. The van der Waals surface area contributed by atoms with E-state index in [1.54, 1.807) is 6.92 Å². The van der Waals surface area contributed by atoms with Crippen LogP contribution in [0, 0.1) is 0 Å². The van der Waals surface area contributed by atoms with Crippen LogP contribution in [0.15, 0.2) is 0 Å². The Kier molecular flexibility index (Phi) is 4.55. The van der Waals surface area contributed by atoms with Crippen molar-refractivity contribution in [3.63, 3.8) is 0 Å². The van der Waals surface area contributed by atoms with E-state index in [2.05, 4.69) is 5.48 Å². The first-order valence-electron chi connectivity index (χ1n) is 4.79. The van der Waals surface area contributed by atoms with Crippen molar-refractivity contribution >= 4 is 5.91 Å². The Bertz CT molecular complexity index is 192. The SMILES string of the molecule is CCC(C)(OC)C(=O)NOC(C)(C)C. The molecule has 0 aliphatic carbocycles. The van der Waals surface area contributed by atoms with Gasteiger partial charge in [-0.3, -0.25) is 9.63 Å². The summed E-state index contributed by atoms with van der Waals surface area (Å²) in [7, 11) is 1.51. The van der Waals surface area contributed by atoms with Crippen LogP contribution >= 0.6 is 0 Å². The van der Waals surface area contributed by atoms with Gasteiger partial charge in [-0.2, -0.15) is 0 Å². The molecule has 1 unspecified atom stereocenters. The summed E-state index contributed by atoms with van der Waals surface area (Å²) >= 11 is 0. The van der Waals surface area contributed by atoms with Gasteiger partial charge in [0.05, 0.1) is 5.60 Å². The highest BCUT2D eigenvalue weighted by Crippen LogP contribution is 2.14. The van der Waals surface area contributed by atoms with Crippen molar-refractivity contribution in [3.8, 4) is 0 Å². The van der Waals surface area contributed by atoms with Crippen molar-refractivity contribution in [2.75, 3.05) is 7.11 Å². The minimum atomic E-state index is -0.814. The Morgan fingerprint density at radius 1 is 1.29 bits per heavy atom. The molecule has 0 radical (unpaired) electrons. The molecule has 84 valence electrons. The average Bonchev–Trinajstić information content (AvgIpc) is 2.11. The van der Waals surface area contributed by atoms with Crippen LogP contribution in [-0.2, 0) is 14.4 Å². The van der Waals surface area contributed by atoms with Crippen LogP contribution in [0.3, 0.4) is 0 Å². The summed E-state index contributed by atoms with van der Waals surface area (Å²) in [6.45, 7) is 9.21. The maximum Gasteiger partial charge on any atom is 0.275 e. The van der Waals surface area contributed by atoms with E-state index < -0.39 is 11.2 Å². The quantitative estimate of drug-likeness (QED) is 0.707. The average molecular weight is 203 g/mol. The minimum Gasteiger partial charge on any atom is -0.369 e. The largest absolute Gasteiger partial charge is 0.369 e. The topological polar surface area (TPSA) is 47.6 Å². The molecule has 0 rings (SSSR count). The number of ether oxygens (including phenoxy) is 1. The van der Waals surface area contributed by atoms with Crippen LogP contribution in [0.25, 0.3) is 0 Å². The third-order valence-corrected chi connectivity index (χ3v) is 2.06.